The Morgan fingerprint density at radius 2 is 1.85 bits per heavy atom. The summed E-state index contributed by atoms with van der Waals surface area (Å²) in [4.78, 5) is 19.8. The third-order valence-electron chi connectivity index (χ3n) is 7.67. The number of rotatable bonds is 4. The highest BCUT2D eigenvalue weighted by Gasteiger charge is 2.34. The summed E-state index contributed by atoms with van der Waals surface area (Å²) in [6.45, 7) is 2.02. The zero-order valence-corrected chi connectivity index (χ0v) is 23.6. The minimum atomic E-state index is -0.306. The summed E-state index contributed by atoms with van der Waals surface area (Å²) in [5.74, 6) is 2.06. The maximum Gasteiger partial charge on any atom is 0.271 e. The van der Waals surface area contributed by atoms with E-state index in [1.54, 1.807) is 7.11 Å². The van der Waals surface area contributed by atoms with E-state index < -0.39 is 0 Å². The van der Waals surface area contributed by atoms with E-state index >= 15 is 0 Å². The first-order valence-electron chi connectivity index (χ1n) is 13.1. The molecule has 3 heterocycles. The van der Waals surface area contributed by atoms with Gasteiger partial charge in [-0.25, -0.2) is 4.99 Å². The van der Waals surface area contributed by atoms with Gasteiger partial charge in [0.2, 0.25) is 0 Å². The normalized spacial score (nSPS) is 16.3. The second kappa shape index (κ2) is 9.81. The van der Waals surface area contributed by atoms with E-state index in [0.717, 1.165) is 52.1 Å². The van der Waals surface area contributed by atoms with Gasteiger partial charge in [0.1, 0.15) is 17.3 Å². The summed E-state index contributed by atoms with van der Waals surface area (Å²) >= 11 is 7.62. The molecule has 0 unspecified atom stereocenters. The minimum Gasteiger partial charge on any atom is -0.496 e. The van der Waals surface area contributed by atoms with E-state index in [0.29, 0.717) is 25.9 Å². The summed E-state index contributed by atoms with van der Waals surface area (Å²) in [5.41, 5.74) is 7.36. The molecule has 40 heavy (non-hydrogen) atoms. The van der Waals surface area contributed by atoms with Gasteiger partial charge in [-0.05, 0) is 66.8 Å². The van der Waals surface area contributed by atoms with Crippen LogP contribution >= 0.6 is 22.9 Å². The number of furan rings is 1. The van der Waals surface area contributed by atoms with Crippen molar-refractivity contribution in [3.05, 3.63) is 137 Å². The van der Waals surface area contributed by atoms with E-state index in [1.165, 1.54) is 16.9 Å². The van der Waals surface area contributed by atoms with Crippen LogP contribution in [0.1, 0.15) is 40.5 Å². The molecule has 0 saturated heterocycles. The molecule has 0 amide bonds. The van der Waals surface area contributed by atoms with Gasteiger partial charge in [0.15, 0.2) is 4.80 Å². The molecule has 2 aliphatic rings. The van der Waals surface area contributed by atoms with Gasteiger partial charge in [-0.1, -0.05) is 71.5 Å². The number of methoxy groups -OCH3 is 1. The van der Waals surface area contributed by atoms with E-state index in [-0.39, 0.29) is 11.6 Å². The second-order valence-electron chi connectivity index (χ2n) is 10.0. The molecule has 5 nitrogen and oxygen atoms in total. The van der Waals surface area contributed by atoms with Crippen molar-refractivity contribution in [1.82, 2.24) is 4.57 Å². The molecule has 1 aliphatic carbocycles. The Bertz CT molecular complexity index is 2010. The topological polar surface area (TPSA) is 56.7 Å². The van der Waals surface area contributed by atoms with Crippen LogP contribution in [0.3, 0.4) is 0 Å². The zero-order chi connectivity index (χ0) is 27.4. The van der Waals surface area contributed by atoms with Gasteiger partial charge in [0, 0.05) is 27.8 Å². The molecule has 7 rings (SSSR count). The number of fused-ring (bicyclic) bond motifs is 3. The molecule has 2 aromatic heterocycles. The fourth-order valence-electron chi connectivity index (χ4n) is 5.76. The van der Waals surface area contributed by atoms with Gasteiger partial charge in [-0.3, -0.25) is 9.36 Å². The first-order chi connectivity index (χ1) is 19.5. The van der Waals surface area contributed by atoms with Crippen LogP contribution in [0, 0.1) is 6.92 Å². The lowest BCUT2D eigenvalue weighted by Crippen LogP contribution is -2.38. The number of nitrogens with zero attached hydrogens (tertiary/aromatic N) is 2. The fourth-order valence-corrected chi connectivity index (χ4v) is 6.91. The van der Waals surface area contributed by atoms with E-state index in [9.17, 15) is 4.79 Å². The summed E-state index contributed by atoms with van der Waals surface area (Å²) in [5, 5.41) is 0.647. The van der Waals surface area contributed by atoms with Crippen LogP contribution < -0.4 is 19.6 Å². The third-order valence-corrected chi connectivity index (χ3v) is 8.89. The van der Waals surface area contributed by atoms with Gasteiger partial charge in [-0.2, -0.15) is 0 Å². The van der Waals surface area contributed by atoms with Crippen LogP contribution in [0.5, 0.6) is 5.75 Å². The predicted molar refractivity (Wildman–Crippen MR) is 160 cm³/mol. The van der Waals surface area contributed by atoms with Crippen molar-refractivity contribution >= 4 is 34.7 Å². The number of benzene rings is 3. The highest BCUT2D eigenvalue weighted by Crippen LogP contribution is 2.43. The molecule has 0 bridgehead atoms. The largest absolute Gasteiger partial charge is 0.496 e. The minimum absolute atomic E-state index is 0.0954. The average molecular weight is 565 g/mol. The van der Waals surface area contributed by atoms with Gasteiger partial charge in [-0.15, -0.1) is 0 Å². The first-order valence-corrected chi connectivity index (χ1v) is 14.3. The molecule has 5 aromatic rings. The van der Waals surface area contributed by atoms with Gasteiger partial charge in [0.25, 0.3) is 5.56 Å². The number of hydrogen-bond acceptors (Lipinski definition) is 5. The molecule has 0 saturated carbocycles. The number of aromatic nitrogens is 1. The lowest BCUT2D eigenvalue weighted by Gasteiger charge is -2.31. The Balaban J connectivity index is 1.42. The van der Waals surface area contributed by atoms with Crippen LogP contribution in [0.4, 0.5) is 0 Å². The van der Waals surface area contributed by atoms with Crippen molar-refractivity contribution < 1.29 is 9.15 Å². The quantitative estimate of drug-likeness (QED) is 0.249. The van der Waals surface area contributed by atoms with Crippen molar-refractivity contribution in [2.45, 2.75) is 25.8 Å². The van der Waals surface area contributed by atoms with Crippen molar-refractivity contribution in [1.29, 1.82) is 0 Å². The maximum atomic E-state index is 14.1. The molecule has 7 heteroatoms. The molecule has 0 spiro atoms. The lowest BCUT2D eigenvalue weighted by molar-refractivity contribution is 0.402. The highest BCUT2D eigenvalue weighted by molar-refractivity contribution is 7.07. The lowest BCUT2D eigenvalue weighted by atomic mass is 9.83. The van der Waals surface area contributed by atoms with Crippen molar-refractivity contribution in [2.24, 2.45) is 4.99 Å². The van der Waals surface area contributed by atoms with Gasteiger partial charge >= 0.3 is 0 Å². The summed E-state index contributed by atoms with van der Waals surface area (Å²) in [6, 6.07) is 25.6. The molecular formula is C33H25ClN2O3S. The Morgan fingerprint density at radius 1 is 1.02 bits per heavy atom. The number of aryl methyl sites for hydroxylation is 2. The summed E-state index contributed by atoms with van der Waals surface area (Å²) < 4.78 is 14.3. The molecule has 3 aromatic carbocycles. The first kappa shape index (κ1) is 24.9. The van der Waals surface area contributed by atoms with Crippen LogP contribution in [0.15, 0.2) is 98.6 Å². The molecule has 0 radical (unpaired) electrons. The van der Waals surface area contributed by atoms with Crippen molar-refractivity contribution in [3.8, 4) is 17.1 Å². The number of ether oxygens (including phenoxy) is 1. The number of hydrogen-bond donors (Lipinski definition) is 0. The van der Waals surface area contributed by atoms with E-state index in [2.05, 4.69) is 18.2 Å². The zero-order valence-electron chi connectivity index (χ0n) is 22.0. The third kappa shape index (κ3) is 4.07. The highest BCUT2D eigenvalue weighted by atomic mass is 35.5. The number of halogens is 1. The molecular weight excluding hydrogens is 540 g/mol. The SMILES string of the molecule is COc1ccccc1[C@@H]1C2=C(N=c3s/c(=C\c4ccc(-c5cc(Cl)ccc5C)o4)c(=O)n31)c1ccccc1CC2. The van der Waals surface area contributed by atoms with Crippen LogP contribution in [-0.2, 0) is 6.42 Å². The Hall–Kier alpha value is -4.13. The monoisotopic (exact) mass is 564 g/mol. The van der Waals surface area contributed by atoms with E-state index in [1.807, 2.05) is 78.2 Å². The Labute approximate surface area is 240 Å². The molecule has 198 valence electrons. The van der Waals surface area contributed by atoms with Crippen LogP contribution in [0.25, 0.3) is 23.1 Å². The standard InChI is InChI=1S/C33H25ClN2O3S/c1-19-11-13-21(34)17-26(19)28-16-14-22(39-28)18-29-32(37)36-31(24-9-5-6-10-27(24)38-2)25-15-12-20-7-3-4-8-23(20)30(25)35-33(36)40-29/h3-11,13-14,16-18,31H,12,15H2,1-2H3/b29-18-/t31-/m1/s1. The summed E-state index contributed by atoms with van der Waals surface area (Å²) in [7, 11) is 1.67. The molecule has 1 aliphatic heterocycles. The second-order valence-corrected chi connectivity index (χ2v) is 11.5. The number of para-hydroxylation sites is 1. The van der Waals surface area contributed by atoms with E-state index in [4.69, 9.17) is 25.7 Å². The van der Waals surface area contributed by atoms with Gasteiger partial charge in [0.05, 0.1) is 23.4 Å². The fraction of sp³-hybridized carbons (Fsp3) is 0.152. The Kier molecular flexibility index (Phi) is 6.10. The maximum absolute atomic E-state index is 14.1. The summed E-state index contributed by atoms with van der Waals surface area (Å²) in [6.07, 6.45) is 3.53. The predicted octanol–water partition coefficient (Wildman–Crippen LogP) is 6.55. The van der Waals surface area contributed by atoms with Crippen LogP contribution in [-0.4, -0.2) is 11.7 Å². The molecule has 1 atom stereocenters. The molecule has 0 N–H and O–H groups in total. The Morgan fingerprint density at radius 3 is 2.73 bits per heavy atom. The smallest absolute Gasteiger partial charge is 0.271 e. The average Bonchev–Trinajstić information content (AvgIpc) is 3.57. The number of allylic oxidation sites excluding steroid dienone is 1. The molecule has 0 fully saturated rings. The van der Waals surface area contributed by atoms with Crippen molar-refractivity contribution in [2.75, 3.05) is 7.11 Å². The van der Waals surface area contributed by atoms with Crippen LogP contribution in [0.2, 0.25) is 5.02 Å². The van der Waals surface area contributed by atoms with Crippen molar-refractivity contribution in [3.63, 3.8) is 0 Å². The van der Waals surface area contributed by atoms with Gasteiger partial charge < -0.3 is 9.15 Å². The number of thiazole rings is 1.